The fourth-order valence-corrected chi connectivity index (χ4v) is 1.85. The summed E-state index contributed by atoms with van der Waals surface area (Å²) in [5, 5.41) is 9.18. The van der Waals surface area contributed by atoms with E-state index in [0.717, 1.165) is 0 Å². The number of nitrogens with one attached hydrogen (secondary N) is 1. The van der Waals surface area contributed by atoms with Gasteiger partial charge in [0.25, 0.3) is 0 Å². The highest BCUT2D eigenvalue weighted by atomic mass is 19.1. The molecule has 19 heavy (non-hydrogen) atoms. The van der Waals surface area contributed by atoms with Gasteiger partial charge in [-0.25, -0.2) is 14.2 Å². The summed E-state index contributed by atoms with van der Waals surface area (Å²) in [5.74, 6) is -1.32. The zero-order valence-electron chi connectivity index (χ0n) is 11.0. The van der Waals surface area contributed by atoms with Gasteiger partial charge in [-0.05, 0) is 12.1 Å². The smallest absolute Gasteiger partial charge is 0.356 e. The molecule has 2 N–H and O–H groups in total. The number of aromatic amines is 1. The molecule has 0 bridgehead atoms. The molecule has 0 saturated heterocycles. The second kappa shape index (κ2) is 4.50. The van der Waals surface area contributed by atoms with Gasteiger partial charge in [-0.3, -0.25) is 0 Å². The first-order chi connectivity index (χ1) is 8.80. The topological polar surface area (TPSA) is 66.0 Å². The molecule has 1 aromatic heterocycles. The van der Waals surface area contributed by atoms with E-state index in [9.17, 15) is 14.3 Å². The van der Waals surface area contributed by atoms with Crippen molar-refractivity contribution in [3.05, 3.63) is 41.5 Å². The number of halogens is 1. The van der Waals surface area contributed by atoms with Crippen LogP contribution in [0.2, 0.25) is 0 Å². The Morgan fingerprint density at radius 2 is 1.95 bits per heavy atom. The predicted octanol–water partition coefficient (Wildman–Crippen LogP) is 3.21. The monoisotopic (exact) mass is 262 g/mol. The normalized spacial score (nSPS) is 11.6. The van der Waals surface area contributed by atoms with Gasteiger partial charge in [-0.15, -0.1) is 0 Å². The van der Waals surface area contributed by atoms with Crippen molar-refractivity contribution < 1.29 is 14.3 Å². The molecule has 1 aromatic carbocycles. The molecular weight excluding hydrogens is 247 g/mol. The fraction of sp³-hybridized carbons (Fsp3) is 0.286. The van der Waals surface area contributed by atoms with Gasteiger partial charge in [0.05, 0.1) is 11.3 Å². The van der Waals surface area contributed by atoms with Crippen LogP contribution in [0.25, 0.3) is 11.4 Å². The third-order valence-electron chi connectivity index (χ3n) is 2.79. The van der Waals surface area contributed by atoms with E-state index in [4.69, 9.17) is 0 Å². The zero-order chi connectivity index (χ0) is 14.2. The molecule has 5 heteroatoms. The number of aromatic carboxylic acids is 1. The quantitative estimate of drug-likeness (QED) is 0.873. The average Bonchev–Trinajstić information content (AvgIpc) is 2.74. The zero-order valence-corrected chi connectivity index (χ0v) is 11.0. The molecule has 1 heterocycles. The van der Waals surface area contributed by atoms with Gasteiger partial charge in [0, 0.05) is 5.41 Å². The molecule has 0 unspecified atom stereocenters. The molecule has 0 aliphatic carbocycles. The first-order valence-electron chi connectivity index (χ1n) is 5.89. The minimum absolute atomic E-state index is 0.0641. The fourth-order valence-electron chi connectivity index (χ4n) is 1.85. The number of H-pyrrole nitrogens is 1. The second-order valence-electron chi connectivity index (χ2n) is 5.34. The first-order valence-corrected chi connectivity index (χ1v) is 5.89. The molecule has 0 aliphatic rings. The third kappa shape index (κ3) is 2.50. The van der Waals surface area contributed by atoms with Gasteiger partial charge >= 0.3 is 5.97 Å². The van der Waals surface area contributed by atoms with Crippen LogP contribution in [0.15, 0.2) is 24.3 Å². The lowest BCUT2D eigenvalue weighted by molar-refractivity contribution is 0.0688. The maximum absolute atomic E-state index is 13.7. The standard InChI is InChI=1S/C14H15FN2O2/c1-14(2,3)11-10(13(18)19)16-12(17-11)8-6-4-5-7-9(8)15/h4-7H,1-3H3,(H,16,17)(H,18,19). The molecule has 2 rings (SSSR count). The van der Waals surface area contributed by atoms with Crippen LogP contribution in [-0.4, -0.2) is 21.0 Å². The minimum atomic E-state index is -1.12. The Labute approximate surface area is 110 Å². The molecule has 0 spiro atoms. The van der Waals surface area contributed by atoms with Crippen LogP contribution in [0, 0.1) is 5.82 Å². The Balaban J connectivity index is 2.62. The molecule has 0 amide bonds. The van der Waals surface area contributed by atoms with Crippen molar-refractivity contribution in [1.29, 1.82) is 0 Å². The van der Waals surface area contributed by atoms with Gasteiger partial charge in [0.1, 0.15) is 11.6 Å². The number of aromatic nitrogens is 2. The van der Waals surface area contributed by atoms with E-state index >= 15 is 0 Å². The largest absolute Gasteiger partial charge is 0.476 e. The number of benzene rings is 1. The van der Waals surface area contributed by atoms with E-state index in [1.165, 1.54) is 6.07 Å². The van der Waals surface area contributed by atoms with Gasteiger partial charge in [0.2, 0.25) is 0 Å². The molecule has 0 saturated carbocycles. The van der Waals surface area contributed by atoms with E-state index in [1.54, 1.807) is 18.2 Å². The number of hydrogen-bond acceptors (Lipinski definition) is 2. The molecule has 0 aliphatic heterocycles. The highest BCUT2D eigenvalue weighted by molar-refractivity contribution is 5.88. The maximum atomic E-state index is 13.7. The van der Waals surface area contributed by atoms with E-state index < -0.39 is 17.2 Å². The lowest BCUT2D eigenvalue weighted by Crippen LogP contribution is -2.16. The minimum Gasteiger partial charge on any atom is -0.476 e. The number of carbonyl (C=O) groups is 1. The van der Waals surface area contributed by atoms with Crippen LogP contribution in [-0.2, 0) is 5.41 Å². The molecular formula is C14H15FN2O2. The van der Waals surface area contributed by atoms with E-state index in [2.05, 4.69) is 9.97 Å². The van der Waals surface area contributed by atoms with E-state index in [0.29, 0.717) is 5.69 Å². The van der Waals surface area contributed by atoms with Crippen molar-refractivity contribution in [2.45, 2.75) is 26.2 Å². The molecule has 100 valence electrons. The Hall–Kier alpha value is -2.17. The number of hydrogen-bond donors (Lipinski definition) is 2. The summed E-state index contributed by atoms with van der Waals surface area (Å²) < 4.78 is 13.7. The van der Waals surface area contributed by atoms with Crippen molar-refractivity contribution in [1.82, 2.24) is 9.97 Å². The van der Waals surface area contributed by atoms with Crippen molar-refractivity contribution in [2.24, 2.45) is 0 Å². The highest BCUT2D eigenvalue weighted by Gasteiger charge is 2.27. The summed E-state index contributed by atoms with van der Waals surface area (Å²) in [6.07, 6.45) is 0. The van der Waals surface area contributed by atoms with Crippen molar-refractivity contribution in [3.63, 3.8) is 0 Å². The summed E-state index contributed by atoms with van der Waals surface area (Å²) >= 11 is 0. The van der Waals surface area contributed by atoms with Crippen LogP contribution in [0.1, 0.15) is 37.0 Å². The number of carboxylic acid groups (broad SMARTS) is 1. The van der Waals surface area contributed by atoms with Crippen LogP contribution in [0.4, 0.5) is 4.39 Å². The number of carboxylic acids is 1. The number of rotatable bonds is 2. The van der Waals surface area contributed by atoms with Gasteiger partial charge < -0.3 is 10.1 Å². The van der Waals surface area contributed by atoms with Crippen molar-refractivity contribution >= 4 is 5.97 Å². The summed E-state index contributed by atoms with van der Waals surface area (Å²) in [6, 6.07) is 6.13. The van der Waals surface area contributed by atoms with Crippen LogP contribution in [0.3, 0.4) is 0 Å². The van der Waals surface area contributed by atoms with Crippen LogP contribution >= 0.6 is 0 Å². The Morgan fingerprint density at radius 3 is 2.42 bits per heavy atom. The van der Waals surface area contributed by atoms with Gasteiger partial charge in [0.15, 0.2) is 5.69 Å². The SMILES string of the molecule is CC(C)(C)c1[nH]c(-c2ccccc2F)nc1C(=O)O. The van der Waals surface area contributed by atoms with Crippen molar-refractivity contribution in [2.75, 3.05) is 0 Å². The van der Waals surface area contributed by atoms with E-state index in [1.807, 2.05) is 20.8 Å². The average molecular weight is 262 g/mol. The lowest BCUT2D eigenvalue weighted by atomic mass is 9.91. The molecule has 2 aromatic rings. The van der Waals surface area contributed by atoms with Crippen molar-refractivity contribution in [3.8, 4) is 11.4 Å². The number of nitrogens with zero attached hydrogens (tertiary/aromatic N) is 1. The van der Waals surface area contributed by atoms with Gasteiger partial charge in [-0.2, -0.15) is 0 Å². The Bertz CT molecular complexity index is 627. The molecule has 0 radical (unpaired) electrons. The summed E-state index contributed by atoms with van der Waals surface area (Å²) in [5.41, 5.74) is 0.272. The van der Waals surface area contributed by atoms with Gasteiger partial charge in [-0.1, -0.05) is 32.9 Å². The highest BCUT2D eigenvalue weighted by Crippen LogP contribution is 2.28. The third-order valence-corrected chi connectivity index (χ3v) is 2.79. The maximum Gasteiger partial charge on any atom is 0.356 e. The van der Waals surface area contributed by atoms with Crippen LogP contribution < -0.4 is 0 Å². The summed E-state index contributed by atoms with van der Waals surface area (Å²) in [6.45, 7) is 5.62. The lowest BCUT2D eigenvalue weighted by Gasteiger charge is -2.16. The molecule has 0 atom stereocenters. The summed E-state index contributed by atoms with van der Waals surface area (Å²) in [7, 11) is 0. The van der Waals surface area contributed by atoms with Crippen LogP contribution in [0.5, 0.6) is 0 Å². The Morgan fingerprint density at radius 1 is 1.32 bits per heavy atom. The Kier molecular flexibility index (Phi) is 3.14. The second-order valence-corrected chi connectivity index (χ2v) is 5.34. The molecule has 0 fully saturated rings. The first kappa shape index (κ1) is 13.3. The predicted molar refractivity (Wildman–Crippen MR) is 69.6 cm³/mol. The summed E-state index contributed by atoms with van der Waals surface area (Å²) in [4.78, 5) is 18.2. The molecule has 4 nitrogen and oxygen atoms in total. The van der Waals surface area contributed by atoms with E-state index in [-0.39, 0.29) is 17.1 Å². The number of imidazole rings is 1.